The van der Waals surface area contributed by atoms with Gasteiger partial charge in [0.25, 0.3) is 0 Å². The third kappa shape index (κ3) is 5.93. The van der Waals surface area contributed by atoms with Crippen molar-refractivity contribution in [3.63, 3.8) is 0 Å². The quantitative estimate of drug-likeness (QED) is 0.526. The number of aromatic nitrogens is 1. The van der Waals surface area contributed by atoms with E-state index in [1.165, 1.54) is 0 Å². The smallest absolute Gasteiger partial charge is 0.247 e. The van der Waals surface area contributed by atoms with Crippen LogP contribution in [0.25, 0.3) is 11.1 Å². The number of rotatable bonds is 8. The Bertz CT molecular complexity index is 1050. The zero-order chi connectivity index (χ0) is 25.5. The third-order valence-corrected chi connectivity index (χ3v) is 7.51. The molecule has 3 atom stereocenters. The Labute approximate surface area is 213 Å². The maximum absolute atomic E-state index is 13.8. The molecule has 3 N–H and O–H groups in total. The molecule has 3 amide bonds. The molecule has 1 aromatic heterocycles. The summed E-state index contributed by atoms with van der Waals surface area (Å²) >= 11 is 0. The van der Waals surface area contributed by atoms with Crippen molar-refractivity contribution in [1.82, 2.24) is 20.5 Å². The number of anilines is 1. The van der Waals surface area contributed by atoms with E-state index in [0.717, 1.165) is 49.7 Å². The minimum atomic E-state index is -0.611. The van der Waals surface area contributed by atoms with Crippen LogP contribution in [0.4, 0.5) is 5.69 Å². The van der Waals surface area contributed by atoms with Crippen molar-refractivity contribution in [2.75, 3.05) is 18.9 Å². The molecule has 1 aliphatic carbocycles. The highest BCUT2D eigenvalue weighted by Crippen LogP contribution is 2.31. The first-order valence-corrected chi connectivity index (χ1v) is 13.1. The van der Waals surface area contributed by atoms with Gasteiger partial charge < -0.3 is 20.9 Å². The molecule has 0 spiro atoms. The van der Waals surface area contributed by atoms with Crippen LogP contribution in [0.1, 0.15) is 51.9 Å². The Balaban J connectivity index is 1.52. The summed E-state index contributed by atoms with van der Waals surface area (Å²) in [4.78, 5) is 45.9. The molecule has 36 heavy (non-hydrogen) atoms. The lowest BCUT2D eigenvalue weighted by Gasteiger charge is -2.35. The molecule has 4 rings (SSSR count). The average Bonchev–Trinajstić information content (AvgIpc) is 3.42. The fraction of sp³-hybridized carbons (Fsp3) is 0.500. The van der Waals surface area contributed by atoms with Gasteiger partial charge in [0.1, 0.15) is 12.1 Å². The van der Waals surface area contributed by atoms with E-state index in [1.807, 2.05) is 36.4 Å². The Hall–Kier alpha value is -3.26. The molecule has 1 saturated heterocycles. The maximum Gasteiger partial charge on any atom is 0.247 e. The number of benzene rings is 1. The van der Waals surface area contributed by atoms with Gasteiger partial charge in [-0.15, -0.1) is 0 Å². The summed E-state index contributed by atoms with van der Waals surface area (Å²) in [6.07, 6.45) is 9.77. The maximum atomic E-state index is 13.8. The number of likely N-dealkylation sites (N-methyl/N-ethyl adjacent to an activating group) is 1. The minimum Gasteiger partial charge on any atom is -0.343 e. The van der Waals surface area contributed by atoms with Gasteiger partial charge >= 0.3 is 0 Å². The Kier molecular flexibility index (Phi) is 8.70. The lowest BCUT2D eigenvalue weighted by Crippen LogP contribution is -2.57. The number of likely N-dealkylation sites (tertiary alicyclic amines) is 1. The SMILES string of the molecule is CNC(C)C(=O)NC(C(=O)N1CCCC1C(=O)Nc1cnccc1-c1ccccc1)C1CCCCC1. The standard InChI is InChI=1S/C28H37N5O3/c1-19(29-2)26(34)32-25(21-12-7-4-8-13-21)28(36)33-17-9-14-24(33)27(35)31-23-18-30-16-15-22(23)20-10-5-3-6-11-20/h3,5-6,10-11,15-16,18-19,21,24-25,29H,4,7-9,12-14,17H2,1-2H3,(H,31,35)(H,32,34). The fourth-order valence-electron chi connectivity index (χ4n) is 5.32. The number of pyridine rings is 1. The number of nitrogens with zero attached hydrogens (tertiary/aromatic N) is 2. The van der Waals surface area contributed by atoms with Crippen LogP contribution in [0.3, 0.4) is 0 Å². The van der Waals surface area contributed by atoms with E-state index < -0.39 is 18.1 Å². The van der Waals surface area contributed by atoms with Gasteiger partial charge in [-0.2, -0.15) is 0 Å². The number of hydrogen-bond acceptors (Lipinski definition) is 5. The van der Waals surface area contributed by atoms with Crippen molar-refractivity contribution in [2.45, 2.75) is 70.0 Å². The fourth-order valence-corrected chi connectivity index (χ4v) is 5.32. The normalized spacial score (nSPS) is 19.9. The van der Waals surface area contributed by atoms with E-state index in [2.05, 4.69) is 20.9 Å². The molecule has 8 heteroatoms. The molecule has 2 heterocycles. The van der Waals surface area contributed by atoms with Crippen LogP contribution in [0.5, 0.6) is 0 Å². The number of hydrogen-bond donors (Lipinski definition) is 3. The zero-order valence-electron chi connectivity index (χ0n) is 21.2. The van der Waals surface area contributed by atoms with E-state index in [9.17, 15) is 14.4 Å². The molecule has 2 aromatic rings. The summed E-state index contributed by atoms with van der Waals surface area (Å²) in [5.74, 6) is -0.468. The predicted octanol–water partition coefficient (Wildman–Crippen LogP) is 3.35. The Morgan fingerprint density at radius 1 is 1.00 bits per heavy atom. The van der Waals surface area contributed by atoms with Gasteiger partial charge in [-0.3, -0.25) is 19.4 Å². The highest BCUT2D eigenvalue weighted by molar-refractivity contribution is 6.01. The molecule has 2 fully saturated rings. The summed E-state index contributed by atoms with van der Waals surface area (Å²) in [7, 11) is 1.73. The number of amides is 3. The van der Waals surface area contributed by atoms with Crippen molar-refractivity contribution in [3.8, 4) is 11.1 Å². The summed E-state index contributed by atoms with van der Waals surface area (Å²) in [6, 6.07) is 10.1. The lowest BCUT2D eigenvalue weighted by molar-refractivity contribution is -0.142. The topological polar surface area (TPSA) is 103 Å². The molecule has 1 aliphatic heterocycles. The summed E-state index contributed by atoms with van der Waals surface area (Å²) in [5, 5.41) is 9.00. The predicted molar refractivity (Wildman–Crippen MR) is 140 cm³/mol. The summed E-state index contributed by atoms with van der Waals surface area (Å²) in [6.45, 7) is 2.29. The van der Waals surface area contributed by atoms with Crippen molar-refractivity contribution >= 4 is 23.4 Å². The van der Waals surface area contributed by atoms with Crippen molar-refractivity contribution in [3.05, 3.63) is 48.8 Å². The first kappa shape index (κ1) is 25.8. The second-order valence-electron chi connectivity index (χ2n) is 9.86. The van der Waals surface area contributed by atoms with Crippen LogP contribution < -0.4 is 16.0 Å². The van der Waals surface area contributed by atoms with Crippen molar-refractivity contribution in [2.24, 2.45) is 5.92 Å². The highest BCUT2D eigenvalue weighted by atomic mass is 16.2. The van der Waals surface area contributed by atoms with E-state index in [4.69, 9.17) is 0 Å². The second-order valence-corrected chi connectivity index (χ2v) is 9.86. The van der Waals surface area contributed by atoms with Gasteiger partial charge in [0.15, 0.2) is 0 Å². The molecule has 0 bridgehead atoms. The van der Waals surface area contributed by atoms with Gasteiger partial charge in [0, 0.05) is 18.3 Å². The van der Waals surface area contributed by atoms with Crippen LogP contribution in [-0.4, -0.2) is 59.3 Å². The molecule has 8 nitrogen and oxygen atoms in total. The number of carbonyl (C=O) groups excluding carboxylic acids is 3. The molecule has 0 radical (unpaired) electrons. The molecule has 2 aliphatic rings. The monoisotopic (exact) mass is 491 g/mol. The molecule has 3 unspecified atom stereocenters. The van der Waals surface area contributed by atoms with Gasteiger partial charge in [-0.25, -0.2) is 0 Å². The van der Waals surface area contributed by atoms with Crippen molar-refractivity contribution in [1.29, 1.82) is 0 Å². The minimum absolute atomic E-state index is 0.0894. The molecule has 1 saturated carbocycles. The highest BCUT2D eigenvalue weighted by Gasteiger charge is 2.41. The van der Waals surface area contributed by atoms with E-state index in [1.54, 1.807) is 31.3 Å². The molecule has 1 aromatic carbocycles. The van der Waals surface area contributed by atoms with Crippen LogP contribution >= 0.6 is 0 Å². The van der Waals surface area contributed by atoms with E-state index in [-0.39, 0.29) is 23.6 Å². The lowest BCUT2D eigenvalue weighted by atomic mass is 9.83. The Morgan fingerprint density at radius 2 is 1.75 bits per heavy atom. The number of nitrogens with one attached hydrogen (secondary N) is 3. The van der Waals surface area contributed by atoms with Gasteiger partial charge in [-0.1, -0.05) is 49.6 Å². The van der Waals surface area contributed by atoms with Gasteiger partial charge in [-0.05, 0) is 57.2 Å². The van der Waals surface area contributed by atoms with Crippen LogP contribution in [-0.2, 0) is 14.4 Å². The molecule has 192 valence electrons. The van der Waals surface area contributed by atoms with Gasteiger partial charge in [0.05, 0.1) is 17.9 Å². The van der Waals surface area contributed by atoms with Gasteiger partial charge in [0.2, 0.25) is 17.7 Å². The largest absolute Gasteiger partial charge is 0.343 e. The van der Waals surface area contributed by atoms with Crippen LogP contribution in [0, 0.1) is 5.92 Å². The number of carbonyl (C=O) groups is 3. The molecular formula is C28H37N5O3. The zero-order valence-corrected chi connectivity index (χ0v) is 21.2. The summed E-state index contributed by atoms with van der Waals surface area (Å²) in [5.41, 5.74) is 2.48. The second kappa shape index (κ2) is 12.1. The van der Waals surface area contributed by atoms with Crippen LogP contribution in [0.15, 0.2) is 48.8 Å². The van der Waals surface area contributed by atoms with Crippen LogP contribution in [0.2, 0.25) is 0 Å². The average molecular weight is 492 g/mol. The Morgan fingerprint density at radius 3 is 2.47 bits per heavy atom. The van der Waals surface area contributed by atoms with Crippen molar-refractivity contribution < 1.29 is 14.4 Å². The third-order valence-electron chi connectivity index (χ3n) is 7.51. The van der Waals surface area contributed by atoms with E-state index >= 15 is 0 Å². The summed E-state index contributed by atoms with van der Waals surface area (Å²) < 4.78 is 0. The molecular weight excluding hydrogens is 454 g/mol. The first-order valence-electron chi connectivity index (χ1n) is 13.1. The van der Waals surface area contributed by atoms with E-state index in [0.29, 0.717) is 18.7 Å². The first-order chi connectivity index (χ1) is 17.5.